The van der Waals surface area contributed by atoms with Gasteiger partial charge in [0.15, 0.2) is 0 Å². The Balaban J connectivity index is 2.23. The molecule has 0 aliphatic rings. The number of aliphatic imine (C=N–C) groups is 1. The molecule has 3 aromatic rings. The predicted octanol–water partition coefficient (Wildman–Crippen LogP) is 12.7. The number of phenols is 1. The van der Waals surface area contributed by atoms with Crippen LogP contribution in [0.2, 0.25) is 0 Å². The van der Waals surface area contributed by atoms with E-state index in [9.17, 15) is 14.6 Å². The second-order valence-corrected chi connectivity index (χ2v) is 16.9. The Labute approximate surface area is 321 Å². The van der Waals surface area contributed by atoms with Gasteiger partial charge in [-0.05, 0) is 83.7 Å². The number of phenolic OH excluding ortho intramolecular Hbond substituents is 1. The van der Waals surface area contributed by atoms with E-state index in [2.05, 4.69) is 79.7 Å². The summed E-state index contributed by atoms with van der Waals surface area (Å²) in [7, 11) is 0. The smallest absolute Gasteiger partial charge is 0.144 e. The number of halogens is 1. The van der Waals surface area contributed by atoms with Gasteiger partial charge < -0.3 is 19.7 Å². The molecule has 0 radical (unpaired) electrons. The van der Waals surface area contributed by atoms with Crippen molar-refractivity contribution < 1.29 is 24.1 Å². The van der Waals surface area contributed by atoms with E-state index in [1.165, 1.54) is 57.4 Å². The summed E-state index contributed by atoms with van der Waals surface area (Å²) in [6, 6.07) is 16.2. The van der Waals surface area contributed by atoms with Crippen LogP contribution in [0.1, 0.15) is 173 Å². The molecule has 3 rings (SSSR count). The third kappa shape index (κ3) is 12.9. The van der Waals surface area contributed by atoms with E-state index in [1.807, 2.05) is 19.1 Å². The minimum absolute atomic E-state index is 0.00272. The maximum Gasteiger partial charge on any atom is 0.144 e. The number of hydrogen-bond donors (Lipinski definition) is 2. The van der Waals surface area contributed by atoms with E-state index in [-0.39, 0.29) is 16.6 Å². The number of hydrogen-bond acceptors (Lipinski definition) is 5. The SMILES string of the molecule is CCCCCCCCOc1ccc(C(C)(C)C)cc1C(O)(c1cc(C(C)(C)C)ccc1OCCCCCCCC)C(C)N=Cc1cc(CF)ccc1O. The largest absolute Gasteiger partial charge is 0.507 e. The third-order valence-electron chi connectivity index (χ3n) is 10.3. The highest BCUT2D eigenvalue weighted by atomic mass is 19.1. The van der Waals surface area contributed by atoms with Gasteiger partial charge in [-0.15, -0.1) is 0 Å². The molecule has 3 aromatic carbocycles. The number of aromatic hydroxyl groups is 1. The molecule has 1 atom stereocenters. The van der Waals surface area contributed by atoms with Crippen molar-refractivity contribution in [1.82, 2.24) is 0 Å². The van der Waals surface area contributed by atoms with Crippen molar-refractivity contribution in [2.75, 3.05) is 13.2 Å². The number of benzene rings is 3. The van der Waals surface area contributed by atoms with Crippen LogP contribution in [-0.4, -0.2) is 35.7 Å². The lowest BCUT2D eigenvalue weighted by Crippen LogP contribution is -2.39. The molecule has 0 fully saturated rings. The van der Waals surface area contributed by atoms with E-state index in [4.69, 9.17) is 14.5 Å². The minimum Gasteiger partial charge on any atom is -0.507 e. The van der Waals surface area contributed by atoms with Crippen molar-refractivity contribution >= 4 is 6.21 Å². The molecule has 0 amide bonds. The average Bonchev–Trinajstić information content (AvgIpc) is 3.12. The molecule has 0 aliphatic heterocycles. The number of unbranched alkanes of at least 4 members (excludes halogenated alkanes) is 10. The molecular formula is C47H70FNO4. The fraction of sp³-hybridized carbons (Fsp3) is 0.596. The molecule has 0 aromatic heterocycles. The van der Waals surface area contributed by atoms with Crippen LogP contribution < -0.4 is 9.47 Å². The van der Waals surface area contributed by atoms with Gasteiger partial charge in [0.2, 0.25) is 0 Å². The average molecular weight is 732 g/mol. The zero-order chi connectivity index (χ0) is 39.1. The van der Waals surface area contributed by atoms with Gasteiger partial charge in [-0.1, -0.05) is 138 Å². The normalized spacial score (nSPS) is 13.1. The lowest BCUT2D eigenvalue weighted by atomic mass is 9.75. The van der Waals surface area contributed by atoms with Gasteiger partial charge in [0.25, 0.3) is 0 Å². The number of alkyl halides is 1. The molecule has 0 aliphatic carbocycles. The molecular weight excluding hydrogens is 662 g/mol. The summed E-state index contributed by atoms with van der Waals surface area (Å²) in [5.74, 6) is 1.22. The van der Waals surface area contributed by atoms with Crippen LogP contribution in [0.15, 0.2) is 59.6 Å². The van der Waals surface area contributed by atoms with E-state index < -0.39 is 18.3 Å². The lowest BCUT2D eigenvalue weighted by molar-refractivity contribution is 0.0519. The highest BCUT2D eigenvalue weighted by Gasteiger charge is 2.43. The molecule has 0 bridgehead atoms. The first-order chi connectivity index (χ1) is 25.2. The fourth-order valence-electron chi connectivity index (χ4n) is 6.66. The Bertz CT molecular complexity index is 1490. The minimum atomic E-state index is -1.71. The van der Waals surface area contributed by atoms with Crippen LogP contribution in [0.4, 0.5) is 4.39 Å². The first kappa shape index (κ1) is 44.0. The molecule has 1 unspecified atom stereocenters. The summed E-state index contributed by atoms with van der Waals surface area (Å²) >= 11 is 0. The van der Waals surface area contributed by atoms with Crippen molar-refractivity contribution in [1.29, 1.82) is 0 Å². The molecule has 0 heterocycles. The van der Waals surface area contributed by atoms with Gasteiger partial charge in [0.05, 0.1) is 19.3 Å². The third-order valence-corrected chi connectivity index (χ3v) is 10.3. The molecule has 0 saturated heterocycles. The van der Waals surface area contributed by atoms with Crippen molar-refractivity contribution in [3.63, 3.8) is 0 Å². The van der Waals surface area contributed by atoms with Crippen molar-refractivity contribution in [3.8, 4) is 17.2 Å². The first-order valence-electron chi connectivity index (χ1n) is 20.4. The van der Waals surface area contributed by atoms with E-state index in [0.717, 1.165) is 36.8 Å². The summed E-state index contributed by atoms with van der Waals surface area (Å²) in [5, 5.41) is 24.3. The van der Waals surface area contributed by atoms with E-state index in [1.54, 1.807) is 18.3 Å². The Morgan fingerprint density at radius 2 is 1.11 bits per heavy atom. The quantitative estimate of drug-likeness (QED) is 0.0797. The topological polar surface area (TPSA) is 71.3 Å². The number of nitrogens with zero attached hydrogens (tertiary/aromatic N) is 1. The lowest BCUT2D eigenvalue weighted by Gasteiger charge is -2.37. The summed E-state index contributed by atoms with van der Waals surface area (Å²) in [5.41, 5.74) is 2.08. The monoisotopic (exact) mass is 732 g/mol. The maximum absolute atomic E-state index is 13.6. The zero-order valence-electron chi connectivity index (χ0n) is 34.5. The second kappa shape index (κ2) is 20.9. The van der Waals surface area contributed by atoms with Gasteiger partial charge in [0.1, 0.15) is 29.5 Å². The Kier molecular flexibility index (Phi) is 17.4. The van der Waals surface area contributed by atoms with Gasteiger partial charge in [0, 0.05) is 22.9 Å². The Hall–Kier alpha value is -3.38. The Morgan fingerprint density at radius 3 is 1.55 bits per heavy atom. The van der Waals surface area contributed by atoms with Gasteiger partial charge in [-0.3, -0.25) is 4.99 Å². The molecule has 2 N–H and O–H groups in total. The fourth-order valence-corrected chi connectivity index (χ4v) is 6.66. The maximum atomic E-state index is 13.6. The highest BCUT2D eigenvalue weighted by Crippen LogP contribution is 2.46. The van der Waals surface area contributed by atoms with Crippen LogP contribution >= 0.6 is 0 Å². The summed E-state index contributed by atoms with van der Waals surface area (Å²) in [6.07, 6.45) is 15.3. The summed E-state index contributed by atoms with van der Waals surface area (Å²) in [4.78, 5) is 4.93. The first-order valence-corrected chi connectivity index (χ1v) is 20.4. The molecule has 5 nitrogen and oxygen atoms in total. The van der Waals surface area contributed by atoms with Crippen LogP contribution in [0.25, 0.3) is 0 Å². The second-order valence-electron chi connectivity index (χ2n) is 16.9. The molecule has 0 saturated carbocycles. The Morgan fingerprint density at radius 1 is 0.660 bits per heavy atom. The number of ether oxygens (including phenoxy) is 2. The molecule has 53 heavy (non-hydrogen) atoms. The van der Waals surface area contributed by atoms with Gasteiger partial charge in [-0.25, -0.2) is 4.39 Å². The van der Waals surface area contributed by atoms with Crippen molar-refractivity contribution in [3.05, 3.63) is 88.0 Å². The summed E-state index contributed by atoms with van der Waals surface area (Å²) in [6.45, 7) is 19.8. The van der Waals surface area contributed by atoms with E-state index in [0.29, 0.717) is 47.0 Å². The molecule has 0 spiro atoms. The van der Waals surface area contributed by atoms with Gasteiger partial charge >= 0.3 is 0 Å². The van der Waals surface area contributed by atoms with Crippen LogP contribution in [0.3, 0.4) is 0 Å². The summed E-state index contributed by atoms with van der Waals surface area (Å²) < 4.78 is 26.8. The van der Waals surface area contributed by atoms with E-state index >= 15 is 0 Å². The van der Waals surface area contributed by atoms with Crippen molar-refractivity contribution in [2.24, 2.45) is 4.99 Å². The highest BCUT2D eigenvalue weighted by molar-refractivity contribution is 5.84. The van der Waals surface area contributed by atoms with Crippen LogP contribution in [-0.2, 0) is 23.1 Å². The standard InChI is InChI=1S/C47H70FNO4/c1-10-12-14-16-18-20-28-52-43-26-23-38(45(4,5)6)31-40(43)47(51,35(3)49-34-37-30-36(33-48)22-25-42(37)50)41-32-39(46(7,8)9)24-27-44(41)53-29-21-19-17-15-13-11-2/h22-27,30-32,34-35,50-51H,10-21,28-29,33H2,1-9H3. The van der Waals surface area contributed by atoms with Gasteiger partial charge in [-0.2, -0.15) is 0 Å². The number of aliphatic hydroxyl groups is 1. The molecule has 6 heteroatoms. The van der Waals surface area contributed by atoms with Crippen LogP contribution in [0, 0.1) is 0 Å². The zero-order valence-corrected chi connectivity index (χ0v) is 34.5. The van der Waals surface area contributed by atoms with Crippen LogP contribution in [0.5, 0.6) is 17.2 Å². The number of rotatable bonds is 22. The van der Waals surface area contributed by atoms with Crippen molar-refractivity contribution in [2.45, 2.75) is 169 Å². The molecule has 294 valence electrons. The predicted molar refractivity (Wildman–Crippen MR) is 221 cm³/mol.